The Bertz CT molecular complexity index is 687. The molecule has 0 aliphatic carbocycles. The number of methoxy groups -OCH3 is 1. The van der Waals surface area contributed by atoms with Crippen LogP contribution in [0, 0.1) is 0 Å². The SMILES string of the molecule is COc1ccc(-n2ccnc2CCc2ccccc2)cc1. The molecule has 1 aromatic heterocycles. The zero-order valence-corrected chi connectivity index (χ0v) is 12.1. The van der Waals surface area contributed by atoms with Crippen LogP contribution in [-0.2, 0) is 12.8 Å². The Morgan fingerprint density at radius 3 is 2.43 bits per heavy atom. The fourth-order valence-electron chi connectivity index (χ4n) is 2.40. The number of hydrogen-bond acceptors (Lipinski definition) is 2. The molecule has 0 radical (unpaired) electrons. The number of rotatable bonds is 5. The molecule has 3 nitrogen and oxygen atoms in total. The Morgan fingerprint density at radius 1 is 0.952 bits per heavy atom. The summed E-state index contributed by atoms with van der Waals surface area (Å²) >= 11 is 0. The highest BCUT2D eigenvalue weighted by Crippen LogP contribution is 2.17. The van der Waals surface area contributed by atoms with Gasteiger partial charge in [-0.05, 0) is 36.2 Å². The molecule has 0 amide bonds. The number of nitrogens with zero attached hydrogens (tertiary/aromatic N) is 2. The van der Waals surface area contributed by atoms with Crippen LogP contribution in [0.15, 0.2) is 67.0 Å². The predicted molar refractivity (Wildman–Crippen MR) is 84.0 cm³/mol. The third-order valence-electron chi connectivity index (χ3n) is 3.55. The molecule has 106 valence electrons. The van der Waals surface area contributed by atoms with Gasteiger partial charge in [-0.1, -0.05) is 30.3 Å². The van der Waals surface area contributed by atoms with Gasteiger partial charge in [0.1, 0.15) is 11.6 Å². The van der Waals surface area contributed by atoms with Crippen molar-refractivity contribution < 1.29 is 4.74 Å². The lowest BCUT2D eigenvalue weighted by Gasteiger charge is -2.09. The van der Waals surface area contributed by atoms with Crippen LogP contribution in [0.2, 0.25) is 0 Å². The van der Waals surface area contributed by atoms with Crippen molar-refractivity contribution >= 4 is 0 Å². The maximum atomic E-state index is 5.20. The number of aryl methyl sites for hydroxylation is 2. The standard InChI is InChI=1S/C18H18N2O/c1-21-17-10-8-16(9-11-17)20-14-13-19-18(20)12-7-15-5-3-2-4-6-15/h2-6,8-11,13-14H,7,12H2,1H3. The molecule has 1 heterocycles. The molecule has 3 rings (SSSR count). The lowest BCUT2D eigenvalue weighted by Crippen LogP contribution is -2.02. The summed E-state index contributed by atoms with van der Waals surface area (Å²) < 4.78 is 7.32. The van der Waals surface area contributed by atoms with Gasteiger partial charge in [-0.15, -0.1) is 0 Å². The zero-order chi connectivity index (χ0) is 14.5. The molecule has 0 aliphatic rings. The lowest BCUT2D eigenvalue weighted by molar-refractivity contribution is 0.414. The summed E-state index contributed by atoms with van der Waals surface area (Å²) in [5, 5.41) is 0. The van der Waals surface area contributed by atoms with Gasteiger partial charge < -0.3 is 9.30 Å². The summed E-state index contributed by atoms with van der Waals surface area (Å²) in [4.78, 5) is 4.48. The van der Waals surface area contributed by atoms with Crippen LogP contribution < -0.4 is 4.74 Å². The third-order valence-corrected chi connectivity index (χ3v) is 3.55. The Kier molecular flexibility index (Phi) is 4.01. The summed E-state index contributed by atoms with van der Waals surface area (Å²) in [6.07, 6.45) is 5.77. The van der Waals surface area contributed by atoms with Crippen LogP contribution in [0.3, 0.4) is 0 Å². The Morgan fingerprint density at radius 2 is 1.71 bits per heavy atom. The highest BCUT2D eigenvalue weighted by molar-refractivity contribution is 5.38. The molecular weight excluding hydrogens is 260 g/mol. The summed E-state index contributed by atoms with van der Waals surface area (Å²) in [6, 6.07) is 18.5. The fraction of sp³-hybridized carbons (Fsp3) is 0.167. The van der Waals surface area contributed by atoms with Crippen molar-refractivity contribution in [3.8, 4) is 11.4 Å². The third kappa shape index (κ3) is 3.14. The van der Waals surface area contributed by atoms with E-state index < -0.39 is 0 Å². The summed E-state index contributed by atoms with van der Waals surface area (Å²) in [5.74, 6) is 1.94. The molecule has 0 saturated heterocycles. The average Bonchev–Trinajstić information content (AvgIpc) is 3.02. The van der Waals surface area contributed by atoms with E-state index in [4.69, 9.17) is 4.74 Å². The molecule has 0 N–H and O–H groups in total. The van der Waals surface area contributed by atoms with Crippen molar-refractivity contribution in [2.75, 3.05) is 7.11 Å². The van der Waals surface area contributed by atoms with Gasteiger partial charge >= 0.3 is 0 Å². The molecular formula is C18H18N2O. The minimum atomic E-state index is 0.865. The second-order valence-corrected chi connectivity index (χ2v) is 4.90. The van der Waals surface area contributed by atoms with E-state index in [2.05, 4.69) is 33.8 Å². The summed E-state index contributed by atoms with van der Waals surface area (Å²) in [5.41, 5.74) is 2.44. The number of hydrogen-bond donors (Lipinski definition) is 0. The molecule has 2 aromatic carbocycles. The van der Waals surface area contributed by atoms with Crippen molar-refractivity contribution in [3.05, 3.63) is 78.4 Å². The Balaban J connectivity index is 1.77. The first-order chi connectivity index (χ1) is 10.4. The van der Waals surface area contributed by atoms with Crippen molar-refractivity contribution in [1.29, 1.82) is 0 Å². The van der Waals surface area contributed by atoms with E-state index in [1.807, 2.05) is 42.7 Å². The van der Waals surface area contributed by atoms with E-state index in [1.54, 1.807) is 7.11 Å². The smallest absolute Gasteiger partial charge is 0.119 e. The number of imidazole rings is 1. The van der Waals surface area contributed by atoms with Gasteiger partial charge in [0.15, 0.2) is 0 Å². The van der Waals surface area contributed by atoms with Crippen LogP contribution in [0.4, 0.5) is 0 Å². The van der Waals surface area contributed by atoms with Gasteiger partial charge in [-0.2, -0.15) is 0 Å². The molecule has 3 aromatic rings. The first-order valence-electron chi connectivity index (χ1n) is 7.07. The van der Waals surface area contributed by atoms with Gasteiger partial charge in [-0.25, -0.2) is 4.98 Å². The number of ether oxygens (including phenoxy) is 1. The van der Waals surface area contributed by atoms with Gasteiger partial charge in [0, 0.05) is 24.5 Å². The Labute approximate surface area is 124 Å². The molecule has 0 aliphatic heterocycles. The van der Waals surface area contributed by atoms with Gasteiger partial charge in [0.2, 0.25) is 0 Å². The van der Waals surface area contributed by atoms with Gasteiger partial charge in [0.25, 0.3) is 0 Å². The van der Waals surface area contributed by atoms with E-state index in [1.165, 1.54) is 5.56 Å². The van der Waals surface area contributed by atoms with Crippen LogP contribution in [0.1, 0.15) is 11.4 Å². The molecule has 0 saturated carbocycles. The summed E-state index contributed by atoms with van der Waals surface area (Å²) in [7, 11) is 1.68. The topological polar surface area (TPSA) is 27.1 Å². The molecule has 0 unspecified atom stereocenters. The molecule has 0 fully saturated rings. The first-order valence-corrected chi connectivity index (χ1v) is 7.07. The van der Waals surface area contributed by atoms with E-state index in [9.17, 15) is 0 Å². The van der Waals surface area contributed by atoms with E-state index >= 15 is 0 Å². The monoisotopic (exact) mass is 278 g/mol. The predicted octanol–water partition coefficient (Wildman–Crippen LogP) is 3.67. The lowest BCUT2D eigenvalue weighted by atomic mass is 10.1. The second kappa shape index (κ2) is 6.27. The van der Waals surface area contributed by atoms with Gasteiger partial charge in [0.05, 0.1) is 7.11 Å². The highest BCUT2D eigenvalue weighted by atomic mass is 16.5. The largest absolute Gasteiger partial charge is 0.497 e. The van der Waals surface area contributed by atoms with Crippen molar-refractivity contribution in [2.24, 2.45) is 0 Å². The minimum Gasteiger partial charge on any atom is -0.497 e. The van der Waals surface area contributed by atoms with Crippen LogP contribution in [0.25, 0.3) is 5.69 Å². The fourth-order valence-corrected chi connectivity index (χ4v) is 2.40. The van der Waals surface area contributed by atoms with Crippen LogP contribution in [0.5, 0.6) is 5.75 Å². The molecule has 0 bridgehead atoms. The first kappa shape index (κ1) is 13.4. The van der Waals surface area contributed by atoms with Gasteiger partial charge in [-0.3, -0.25) is 0 Å². The maximum Gasteiger partial charge on any atom is 0.119 e. The molecule has 3 heteroatoms. The second-order valence-electron chi connectivity index (χ2n) is 4.90. The number of benzene rings is 2. The summed E-state index contributed by atoms with van der Waals surface area (Å²) in [6.45, 7) is 0. The minimum absolute atomic E-state index is 0.865. The molecule has 0 atom stereocenters. The molecule has 0 spiro atoms. The van der Waals surface area contributed by atoms with E-state index in [-0.39, 0.29) is 0 Å². The van der Waals surface area contributed by atoms with Crippen LogP contribution >= 0.6 is 0 Å². The highest BCUT2D eigenvalue weighted by Gasteiger charge is 2.05. The maximum absolute atomic E-state index is 5.20. The average molecular weight is 278 g/mol. The molecule has 21 heavy (non-hydrogen) atoms. The van der Waals surface area contributed by atoms with Crippen molar-refractivity contribution in [2.45, 2.75) is 12.8 Å². The van der Waals surface area contributed by atoms with E-state index in [0.29, 0.717) is 0 Å². The quantitative estimate of drug-likeness (QED) is 0.712. The zero-order valence-electron chi connectivity index (χ0n) is 12.1. The Hall–Kier alpha value is -2.55. The number of aromatic nitrogens is 2. The van der Waals surface area contributed by atoms with Crippen molar-refractivity contribution in [3.63, 3.8) is 0 Å². The van der Waals surface area contributed by atoms with Crippen LogP contribution in [-0.4, -0.2) is 16.7 Å². The van der Waals surface area contributed by atoms with E-state index in [0.717, 1.165) is 30.1 Å². The van der Waals surface area contributed by atoms with Crippen molar-refractivity contribution in [1.82, 2.24) is 9.55 Å². The normalized spacial score (nSPS) is 10.5.